The molecule has 3 aliphatic rings. The van der Waals surface area contributed by atoms with Gasteiger partial charge >= 0.3 is 6.03 Å². The SMILES string of the molecule is COCCCN1C(=O)N(Cc2ccccc2)C(=O)C12CCN(Cc1ccc(N3CCCC3)cc1)CC2. The van der Waals surface area contributed by atoms with Crippen molar-refractivity contribution < 1.29 is 14.3 Å². The first-order chi connectivity index (χ1) is 17.6. The Labute approximate surface area is 214 Å². The minimum absolute atomic E-state index is 0.0385. The van der Waals surface area contributed by atoms with Gasteiger partial charge in [0.05, 0.1) is 6.54 Å². The smallest absolute Gasteiger partial charge is 0.327 e. The number of imide groups is 1. The average Bonchev–Trinajstić information content (AvgIpc) is 3.51. The number of benzene rings is 2. The van der Waals surface area contributed by atoms with E-state index in [1.807, 2.05) is 35.2 Å². The fourth-order valence-electron chi connectivity index (χ4n) is 5.97. The van der Waals surface area contributed by atoms with Crippen LogP contribution in [0.15, 0.2) is 54.6 Å². The van der Waals surface area contributed by atoms with Gasteiger partial charge in [0.25, 0.3) is 5.91 Å². The Morgan fingerprint density at radius 3 is 2.17 bits per heavy atom. The zero-order valence-electron chi connectivity index (χ0n) is 21.4. The minimum Gasteiger partial charge on any atom is -0.385 e. The van der Waals surface area contributed by atoms with E-state index in [0.29, 0.717) is 32.5 Å². The van der Waals surface area contributed by atoms with E-state index in [1.165, 1.54) is 29.0 Å². The maximum atomic E-state index is 13.8. The number of amides is 3. The molecule has 3 amide bonds. The Balaban J connectivity index is 1.26. The summed E-state index contributed by atoms with van der Waals surface area (Å²) in [6.45, 7) is 6.22. The number of hydrogen-bond donors (Lipinski definition) is 0. The largest absolute Gasteiger partial charge is 0.385 e. The molecule has 0 radical (unpaired) electrons. The third-order valence-electron chi connectivity index (χ3n) is 8.03. The highest BCUT2D eigenvalue weighted by Gasteiger charge is 2.57. The topological polar surface area (TPSA) is 56.3 Å². The van der Waals surface area contributed by atoms with Crippen LogP contribution in [0.3, 0.4) is 0 Å². The van der Waals surface area contributed by atoms with E-state index in [-0.39, 0.29) is 11.9 Å². The van der Waals surface area contributed by atoms with Crippen molar-refractivity contribution in [1.82, 2.24) is 14.7 Å². The van der Waals surface area contributed by atoms with Gasteiger partial charge in [-0.15, -0.1) is 0 Å². The van der Waals surface area contributed by atoms with Crippen molar-refractivity contribution >= 4 is 17.6 Å². The van der Waals surface area contributed by atoms with Crippen LogP contribution >= 0.6 is 0 Å². The van der Waals surface area contributed by atoms with E-state index in [1.54, 1.807) is 7.11 Å². The Morgan fingerprint density at radius 2 is 1.50 bits per heavy atom. The van der Waals surface area contributed by atoms with Gasteiger partial charge in [-0.1, -0.05) is 42.5 Å². The molecule has 5 rings (SSSR count). The van der Waals surface area contributed by atoms with E-state index in [0.717, 1.165) is 44.7 Å². The van der Waals surface area contributed by atoms with Gasteiger partial charge in [0.2, 0.25) is 0 Å². The fraction of sp³-hybridized carbons (Fsp3) is 0.517. The quantitative estimate of drug-likeness (QED) is 0.391. The third kappa shape index (κ3) is 5.00. The molecule has 3 aliphatic heterocycles. The lowest BCUT2D eigenvalue weighted by molar-refractivity contribution is -0.136. The molecule has 0 atom stereocenters. The van der Waals surface area contributed by atoms with Gasteiger partial charge in [-0.25, -0.2) is 4.79 Å². The maximum absolute atomic E-state index is 13.8. The van der Waals surface area contributed by atoms with E-state index in [2.05, 4.69) is 34.1 Å². The number of urea groups is 1. The lowest BCUT2D eigenvalue weighted by Crippen LogP contribution is -2.56. The molecule has 0 N–H and O–H groups in total. The first-order valence-corrected chi connectivity index (χ1v) is 13.3. The second-order valence-corrected chi connectivity index (χ2v) is 10.3. The van der Waals surface area contributed by atoms with Crippen molar-refractivity contribution in [2.24, 2.45) is 0 Å². The molecule has 0 unspecified atom stereocenters. The van der Waals surface area contributed by atoms with Crippen LogP contribution < -0.4 is 4.90 Å². The molecule has 0 saturated carbocycles. The summed E-state index contributed by atoms with van der Waals surface area (Å²) in [6.07, 6.45) is 4.63. The predicted molar refractivity (Wildman–Crippen MR) is 141 cm³/mol. The van der Waals surface area contributed by atoms with E-state index >= 15 is 0 Å². The van der Waals surface area contributed by atoms with Gasteiger partial charge in [-0.05, 0) is 55.4 Å². The number of piperidine rings is 1. The molecule has 36 heavy (non-hydrogen) atoms. The molecule has 0 aliphatic carbocycles. The minimum atomic E-state index is -0.740. The number of anilines is 1. The molecular weight excluding hydrogens is 452 g/mol. The van der Waals surface area contributed by atoms with Gasteiger partial charge in [-0.2, -0.15) is 0 Å². The number of hydrogen-bond acceptors (Lipinski definition) is 5. The van der Waals surface area contributed by atoms with Gasteiger partial charge in [-0.3, -0.25) is 14.6 Å². The van der Waals surface area contributed by atoms with Crippen LogP contribution in [0.25, 0.3) is 0 Å². The van der Waals surface area contributed by atoms with Gasteiger partial charge in [0.15, 0.2) is 0 Å². The van der Waals surface area contributed by atoms with Crippen molar-refractivity contribution in [2.75, 3.05) is 51.3 Å². The highest BCUT2D eigenvalue weighted by atomic mass is 16.5. The zero-order valence-corrected chi connectivity index (χ0v) is 21.4. The molecule has 3 heterocycles. The second kappa shape index (κ2) is 11.0. The second-order valence-electron chi connectivity index (χ2n) is 10.3. The molecule has 192 valence electrons. The first-order valence-electron chi connectivity index (χ1n) is 13.3. The van der Waals surface area contributed by atoms with Crippen molar-refractivity contribution in [3.05, 3.63) is 65.7 Å². The van der Waals surface area contributed by atoms with Crippen molar-refractivity contribution in [3.8, 4) is 0 Å². The fourth-order valence-corrected chi connectivity index (χ4v) is 5.97. The van der Waals surface area contributed by atoms with Crippen molar-refractivity contribution in [2.45, 2.75) is 50.7 Å². The molecule has 0 aromatic heterocycles. The molecule has 0 bridgehead atoms. The molecule has 7 nitrogen and oxygen atoms in total. The summed E-state index contributed by atoms with van der Waals surface area (Å²) < 4.78 is 5.24. The number of likely N-dealkylation sites (tertiary alicyclic amines) is 1. The van der Waals surface area contributed by atoms with Crippen LogP contribution in [0.5, 0.6) is 0 Å². The summed E-state index contributed by atoms with van der Waals surface area (Å²) in [5.41, 5.74) is 2.85. The summed E-state index contributed by atoms with van der Waals surface area (Å²) in [4.78, 5) is 35.4. The number of carbonyl (C=O) groups is 2. The van der Waals surface area contributed by atoms with Crippen molar-refractivity contribution in [1.29, 1.82) is 0 Å². The molecule has 3 fully saturated rings. The molecule has 3 saturated heterocycles. The van der Waals surface area contributed by atoms with Crippen LogP contribution in [0.2, 0.25) is 0 Å². The van der Waals surface area contributed by atoms with Crippen LogP contribution in [0, 0.1) is 0 Å². The summed E-state index contributed by atoms with van der Waals surface area (Å²) in [6, 6.07) is 18.6. The molecular formula is C29H38N4O3. The first kappa shape index (κ1) is 24.8. The van der Waals surface area contributed by atoms with Crippen molar-refractivity contribution in [3.63, 3.8) is 0 Å². The van der Waals surface area contributed by atoms with E-state index < -0.39 is 5.54 Å². The number of nitrogens with zero attached hydrogens (tertiary/aromatic N) is 4. The van der Waals surface area contributed by atoms with Gasteiger partial charge in [0.1, 0.15) is 5.54 Å². The molecule has 7 heteroatoms. The third-order valence-corrected chi connectivity index (χ3v) is 8.03. The van der Waals surface area contributed by atoms with E-state index in [9.17, 15) is 9.59 Å². The number of rotatable bonds is 9. The van der Waals surface area contributed by atoms with Gasteiger partial charge in [0, 0.05) is 58.7 Å². The Bertz CT molecular complexity index is 1030. The number of methoxy groups -OCH3 is 1. The molecule has 1 spiro atoms. The zero-order chi connectivity index (χ0) is 25.0. The Hall–Kier alpha value is -2.90. The Kier molecular flexibility index (Phi) is 7.58. The lowest BCUT2D eigenvalue weighted by atomic mass is 9.85. The van der Waals surface area contributed by atoms with Crippen LogP contribution in [-0.2, 0) is 22.6 Å². The van der Waals surface area contributed by atoms with Crippen LogP contribution in [0.4, 0.5) is 10.5 Å². The molecule has 2 aromatic rings. The van der Waals surface area contributed by atoms with E-state index in [4.69, 9.17) is 4.74 Å². The summed E-state index contributed by atoms with van der Waals surface area (Å²) in [7, 11) is 1.67. The van der Waals surface area contributed by atoms with Crippen LogP contribution in [0.1, 0.15) is 43.2 Å². The Morgan fingerprint density at radius 1 is 0.833 bits per heavy atom. The highest BCUT2D eigenvalue weighted by molar-refractivity contribution is 6.07. The van der Waals surface area contributed by atoms with Crippen LogP contribution in [-0.4, -0.2) is 78.6 Å². The maximum Gasteiger partial charge on any atom is 0.327 e. The standard InChI is InChI=1S/C29H38N4O3/c1-36-21-7-18-33-28(35)32(23-24-8-3-2-4-9-24)27(34)29(33)14-19-30(20-15-29)22-25-10-12-26(13-11-25)31-16-5-6-17-31/h2-4,8-13H,5-7,14-23H2,1H3. The van der Waals surface area contributed by atoms with Gasteiger partial charge < -0.3 is 14.5 Å². The summed E-state index contributed by atoms with van der Waals surface area (Å²) in [5.74, 6) is -0.0385. The average molecular weight is 491 g/mol. The predicted octanol–water partition coefficient (Wildman–Crippen LogP) is 4.12. The lowest BCUT2D eigenvalue weighted by Gasteiger charge is -2.42. The monoisotopic (exact) mass is 490 g/mol. The molecule has 2 aromatic carbocycles. The normalized spacial score (nSPS) is 20.2. The number of carbonyl (C=O) groups excluding carboxylic acids is 2. The summed E-state index contributed by atoms with van der Waals surface area (Å²) in [5, 5.41) is 0. The summed E-state index contributed by atoms with van der Waals surface area (Å²) >= 11 is 0. The highest BCUT2D eigenvalue weighted by Crippen LogP contribution is 2.38. The number of ether oxygens (including phenoxy) is 1.